The maximum absolute atomic E-state index is 13.4. The van der Waals surface area contributed by atoms with Gasteiger partial charge in [-0.25, -0.2) is 4.79 Å². The van der Waals surface area contributed by atoms with Gasteiger partial charge >= 0.3 is 12.3 Å². The Labute approximate surface area is 232 Å². The highest BCUT2D eigenvalue weighted by Crippen LogP contribution is 2.34. The predicted octanol–water partition coefficient (Wildman–Crippen LogP) is 2.30. The van der Waals surface area contributed by atoms with Crippen molar-refractivity contribution in [3.05, 3.63) is 29.8 Å². The quantitative estimate of drug-likeness (QED) is 0.331. The van der Waals surface area contributed by atoms with E-state index in [0.717, 1.165) is 18.4 Å². The lowest BCUT2D eigenvalue weighted by molar-refractivity contribution is -0.253. The summed E-state index contributed by atoms with van der Waals surface area (Å²) in [7, 11) is 2.02. The van der Waals surface area contributed by atoms with Crippen molar-refractivity contribution in [2.45, 2.75) is 70.0 Å². The van der Waals surface area contributed by atoms with Gasteiger partial charge in [0.15, 0.2) is 0 Å². The molecule has 2 rings (SSSR count). The second kappa shape index (κ2) is 13.6. The number of rotatable bonds is 10. The van der Waals surface area contributed by atoms with Gasteiger partial charge in [0.1, 0.15) is 0 Å². The highest BCUT2D eigenvalue weighted by molar-refractivity contribution is 5.95. The summed E-state index contributed by atoms with van der Waals surface area (Å²) >= 11 is 0. The first-order valence-corrected chi connectivity index (χ1v) is 12.1. The average molecular weight is 583 g/mol. The standard InChI is InChI=1S/C25H37F3N4O6.ClH/c1-23(2,11-17(29)19(33)13-30-21(35)24(3,38-5)25(26,27)28)12-20(34)32-14-16(31-22(36)37-4)10-15-8-6-7-9-18(15)32;/h6-9,16-17,19,33H,10-14,29H2,1-5H3,(H,30,35)(H,31,36);1H/t16?,17-,19-,24-;/m0./s1. The lowest BCUT2D eigenvalue weighted by Crippen LogP contribution is -2.58. The molecule has 222 valence electrons. The lowest BCUT2D eigenvalue weighted by atomic mass is 9.80. The van der Waals surface area contributed by atoms with Gasteiger partial charge in [0.2, 0.25) is 11.5 Å². The van der Waals surface area contributed by atoms with Gasteiger partial charge in [-0.1, -0.05) is 32.0 Å². The number of aliphatic hydroxyl groups excluding tert-OH is 1. The number of carbonyl (C=O) groups is 3. The smallest absolute Gasteiger partial charge is 0.426 e. The van der Waals surface area contributed by atoms with E-state index in [1.54, 1.807) is 18.7 Å². The minimum Gasteiger partial charge on any atom is -0.453 e. The minimum absolute atomic E-state index is 0. The van der Waals surface area contributed by atoms with Crippen LogP contribution in [0, 0.1) is 5.41 Å². The van der Waals surface area contributed by atoms with E-state index in [1.165, 1.54) is 7.11 Å². The number of hydrogen-bond donors (Lipinski definition) is 4. The molecule has 1 aliphatic heterocycles. The van der Waals surface area contributed by atoms with Crippen LogP contribution >= 0.6 is 12.4 Å². The van der Waals surface area contributed by atoms with Crippen LogP contribution in [0.3, 0.4) is 0 Å². The van der Waals surface area contributed by atoms with E-state index in [0.29, 0.717) is 13.3 Å². The van der Waals surface area contributed by atoms with E-state index >= 15 is 0 Å². The number of hydrogen-bond acceptors (Lipinski definition) is 7. The number of carbonyl (C=O) groups excluding carboxylic acids is 3. The molecule has 0 radical (unpaired) electrons. The number of fused-ring (bicyclic) bond motifs is 1. The SMILES string of the molecule is COC(=O)NC1Cc2ccccc2N(C(=O)CC(C)(C)C[C@H](N)[C@@H](O)CNC(=O)[C@](C)(OC)C(F)(F)F)C1.Cl. The lowest BCUT2D eigenvalue weighted by Gasteiger charge is -2.37. The normalized spacial score (nSPS) is 18.5. The maximum atomic E-state index is 13.4. The second-order valence-corrected chi connectivity index (χ2v) is 10.4. The number of amides is 3. The van der Waals surface area contributed by atoms with Crippen molar-refractivity contribution < 1.29 is 42.1 Å². The third-order valence-electron chi connectivity index (χ3n) is 6.73. The zero-order valence-corrected chi connectivity index (χ0v) is 23.4. The average Bonchev–Trinajstić information content (AvgIpc) is 2.84. The number of aliphatic hydroxyl groups is 1. The highest BCUT2D eigenvalue weighted by Gasteiger charge is 2.57. The highest BCUT2D eigenvalue weighted by atomic mass is 35.5. The van der Waals surface area contributed by atoms with Gasteiger partial charge in [-0.05, 0) is 36.8 Å². The van der Waals surface area contributed by atoms with Gasteiger partial charge in [0, 0.05) is 38.3 Å². The van der Waals surface area contributed by atoms with Crippen LogP contribution in [0.4, 0.5) is 23.7 Å². The first-order valence-electron chi connectivity index (χ1n) is 12.1. The fourth-order valence-corrected chi connectivity index (χ4v) is 4.36. The molecular formula is C25H38ClF3N4O6. The van der Waals surface area contributed by atoms with Crippen molar-refractivity contribution in [2.24, 2.45) is 11.1 Å². The Bertz CT molecular complexity index is 1010. The Kier molecular flexibility index (Phi) is 12.0. The van der Waals surface area contributed by atoms with E-state index in [4.69, 9.17) is 5.73 Å². The molecule has 0 spiro atoms. The molecular weight excluding hydrogens is 545 g/mol. The number of alkyl carbamates (subject to hydrolysis) is 1. The minimum atomic E-state index is -4.96. The van der Waals surface area contributed by atoms with Crippen LogP contribution in [0.5, 0.6) is 0 Å². The van der Waals surface area contributed by atoms with E-state index in [1.807, 2.05) is 29.6 Å². The summed E-state index contributed by atoms with van der Waals surface area (Å²) < 4.78 is 48.6. The Morgan fingerprint density at radius 1 is 1.18 bits per heavy atom. The van der Waals surface area contributed by atoms with E-state index in [9.17, 15) is 32.7 Å². The number of nitrogens with one attached hydrogen (secondary N) is 2. The van der Waals surface area contributed by atoms with Crippen molar-refractivity contribution in [1.82, 2.24) is 10.6 Å². The number of para-hydroxylation sites is 1. The number of nitrogens with two attached hydrogens (primary N) is 1. The van der Waals surface area contributed by atoms with Gasteiger partial charge in [-0.2, -0.15) is 13.2 Å². The van der Waals surface area contributed by atoms with Crippen LogP contribution in [-0.4, -0.2) is 80.3 Å². The monoisotopic (exact) mass is 582 g/mol. The maximum Gasteiger partial charge on any atom is 0.426 e. The molecule has 0 bridgehead atoms. The van der Waals surface area contributed by atoms with Crippen molar-refractivity contribution >= 4 is 36.0 Å². The van der Waals surface area contributed by atoms with Crippen LogP contribution in [-0.2, 0) is 25.5 Å². The molecule has 39 heavy (non-hydrogen) atoms. The van der Waals surface area contributed by atoms with Gasteiger partial charge < -0.3 is 35.8 Å². The zero-order chi connectivity index (χ0) is 28.9. The Morgan fingerprint density at radius 3 is 2.36 bits per heavy atom. The predicted molar refractivity (Wildman–Crippen MR) is 141 cm³/mol. The fraction of sp³-hybridized carbons (Fsp3) is 0.640. The van der Waals surface area contributed by atoms with Gasteiger partial charge in [0.25, 0.3) is 5.91 Å². The molecule has 4 atom stereocenters. The van der Waals surface area contributed by atoms with Crippen molar-refractivity contribution in [1.29, 1.82) is 0 Å². The Morgan fingerprint density at radius 2 is 1.79 bits per heavy atom. The third kappa shape index (κ3) is 8.69. The van der Waals surface area contributed by atoms with E-state index in [-0.39, 0.29) is 43.7 Å². The van der Waals surface area contributed by atoms with Gasteiger partial charge in [-0.3, -0.25) is 9.59 Å². The number of alkyl halides is 3. The zero-order valence-electron chi connectivity index (χ0n) is 22.6. The first-order chi connectivity index (χ1) is 17.5. The molecule has 1 aliphatic rings. The van der Waals surface area contributed by atoms with Gasteiger partial charge in [0.05, 0.1) is 19.3 Å². The molecule has 0 saturated carbocycles. The first kappa shape index (κ1) is 34.4. The fourth-order valence-electron chi connectivity index (χ4n) is 4.36. The third-order valence-corrected chi connectivity index (χ3v) is 6.73. The molecule has 1 aromatic rings. The van der Waals surface area contributed by atoms with Crippen LogP contribution in [0.25, 0.3) is 0 Å². The summed E-state index contributed by atoms with van der Waals surface area (Å²) in [5.74, 6) is -1.68. The number of nitrogens with zero attached hydrogens (tertiary/aromatic N) is 1. The summed E-state index contributed by atoms with van der Waals surface area (Å²) in [6.45, 7) is 3.86. The van der Waals surface area contributed by atoms with Crippen LogP contribution in [0.15, 0.2) is 24.3 Å². The van der Waals surface area contributed by atoms with E-state index < -0.39 is 47.9 Å². The summed E-state index contributed by atoms with van der Waals surface area (Å²) in [5.41, 5.74) is 3.92. The van der Waals surface area contributed by atoms with Gasteiger partial charge in [-0.15, -0.1) is 12.4 Å². The molecule has 0 saturated heterocycles. The molecule has 1 aromatic carbocycles. The number of anilines is 1. The van der Waals surface area contributed by atoms with Crippen LogP contribution in [0.1, 0.15) is 39.2 Å². The molecule has 10 nitrogen and oxygen atoms in total. The molecule has 14 heteroatoms. The molecule has 0 aliphatic carbocycles. The number of ether oxygens (including phenoxy) is 2. The number of benzene rings is 1. The molecule has 0 aromatic heterocycles. The van der Waals surface area contributed by atoms with E-state index in [2.05, 4.69) is 14.8 Å². The molecule has 3 amide bonds. The summed E-state index contributed by atoms with van der Waals surface area (Å²) in [6, 6.07) is 6.05. The Hall–Kier alpha value is -2.61. The number of halogens is 4. The molecule has 1 heterocycles. The van der Waals surface area contributed by atoms with Crippen molar-refractivity contribution in [2.75, 3.05) is 32.2 Å². The largest absolute Gasteiger partial charge is 0.453 e. The van der Waals surface area contributed by atoms with Crippen molar-refractivity contribution in [3.8, 4) is 0 Å². The second-order valence-electron chi connectivity index (χ2n) is 10.4. The molecule has 0 fully saturated rings. The van der Waals surface area contributed by atoms with Crippen LogP contribution in [0.2, 0.25) is 0 Å². The molecule has 1 unspecified atom stereocenters. The van der Waals surface area contributed by atoms with Crippen LogP contribution < -0.4 is 21.3 Å². The van der Waals surface area contributed by atoms with Crippen molar-refractivity contribution in [3.63, 3.8) is 0 Å². The number of methoxy groups -OCH3 is 2. The Balaban J connectivity index is 0.00000760. The summed E-state index contributed by atoms with van der Waals surface area (Å²) in [5, 5.41) is 15.2. The topological polar surface area (TPSA) is 143 Å². The summed E-state index contributed by atoms with van der Waals surface area (Å²) in [6.07, 6.45) is -6.23. The molecule has 5 N–H and O–H groups in total. The summed E-state index contributed by atoms with van der Waals surface area (Å²) in [4.78, 5) is 38.8.